The fourth-order valence-electron chi connectivity index (χ4n) is 3.24. The maximum Gasteiger partial charge on any atom is 0.248 e. The highest BCUT2D eigenvalue weighted by Crippen LogP contribution is 2.38. The molecule has 1 fully saturated rings. The predicted molar refractivity (Wildman–Crippen MR) is 115 cm³/mol. The highest BCUT2D eigenvalue weighted by molar-refractivity contribution is 6.04. The van der Waals surface area contributed by atoms with E-state index < -0.39 is 0 Å². The van der Waals surface area contributed by atoms with Crippen molar-refractivity contribution in [1.82, 2.24) is 5.32 Å². The number of hydrogen-bond donors (Lipinski definition) is 2. The first-order valence-corrected chi connectivity index (χ1v) is 9.45. The number of nitrogens with zero attached hydrogens (tertiary/aromatic N) is 1. The van der Waals surface area contributed by atoms with Crippen molar-refractivity contribution in [3.63, 3.8) is 0 Å². The maximum absolute atomic E-state index is 12.5. The molecule has 3 rings (SSSR count). The summed E-state index contributed by atoms with van der Waals surface area (Å²) in [6.07, 6.45) is 3.09. The number of piperazine rings is 1. The first-order chi connectivity index (χ1) is 14.5. The lowest BCUT2D eigenvalue weighted by molar-refractivity contribution is -0.120. The van der Waals surface area contributed by atoms with Gasteiger partial charge in [-0.1, -0.05) is 12.1 Å². The van der Waals surface area contributed by atoms with Gasteiger partial charge in [-0.25, -0.2) is 0 Å². The number of hydrogen-bond acceptors (Lipinski definition) is 6. The summed E-state index contributed by atoms with van der Waals surface area (Å²) >= 11 is 0. The largest absolute Gasteiger partial charge is 0.493 e. The van der Waals surface area contributed by atoms with E-state index >= 15 is 0 Å². The minimum absolute atomic E-state index is 0.0373. The summed E-state index contributed by atoms with van der Waals surface area (Å²) in [6, 6.07) is 10.9. The van der Waals surface area contributed by atoms with Gasteiger partial charge in [0.2, 0.25) is 17.6 Å². The standard InChI is InChI=1S/C22H25N3O5/c1-28-18-12-15(13-19(29-2)22(18)30-3)8-9-20(26)24-16-6-4-5-7-17(16)25-11-10-23-21(27)14-25/h4-9,12-13H,10-11,14H2,1-3H3,(H,23,27)(H,24,26)/b9-8+. The molecule has 0 radical (unpaired) electrons. The molecule has 30 heavy (non-hydrogen) atoms. The average molecular weight is 411 g/mol. The molecule has 1 aliphatic heterocycles. The van der Waals surface area contributed by atoms with E-state index in [1.807, 2.05) is 29.2 Å². The zero-order chi connectivity index (χ0) is 21.5. The number of benzene rings is 2. The van der Waals surface area contributed by atoms with Crippen molar-refractivity contribution >= 4 is 29.3 Å². The smallest absolute Gasteiger partial charge is 0.248 e. The van der Waals surface area contributed by atoms with E-state index in [-0.39, 0.29) is 18.4 Å². The molecule has 2 aromatic carbocycles. The Kier molecular flexibility index (Phi) is 6.79. The van der Waals surface area contributed by atoms with E-state index in [2.05, 4.69) is 10.6 Å². The van der Waals surface area contributed by atoms with Crippen molar-refractivity contribution in [2.45, 2.75) is 0 Å². The molecule has 1 saturated heterocycles. The second-order valence-electron chi connectivity index (χ2n) is 6.57. The zero-order valence-electron chi connectivity index (χ0n) is 17.2. The van der Waals surface area contributed by atoms with Gasteiger partial charge in [-0.2, -0.15) is 0 Å². The van der Waals surface area contributed by atoms with E-state index in [4.69, 9.17) is 14.2 Å². The lowest BCUT2D eigenvalue weighted by atomic mass is 10.1. The van der Waals surface area contributed by atoms with Crippen molar-refractivity contribution in [1.29, 1.82) is 0 Å². The Morgan fingerprint density at radius 1 is 1.10 bits per heavy atom. The lowest BCUT2D eigenvalue weighted by Crippen LogP contribution is -2.47. The van der Waals surface area contributed by atoms with Crippen LogP contribution in [0.15, 0.2) is 42.5 Å². The van der Waals surface area contributed by atoms with E-state index in [0.29, 0.717) is 36.0 Å². The van der Waals surface area contributed by atoms with E-state index in [0.717, 1.165) is 11.3 Å². The minimum atomic E-state index is -0.294. The fourth-order valence-corrected chi connectivity index (χ4v) is 3.24. The molecule has 0 aliphatic carbocycles. The van der Waals surface area contributed by atoms with Crippen LogP contribution < -0.4 is 29.7 Å². The molecule has 0 unspecified atom stereocenters. The molecule has 0 saturated carbocycles. The molecule has 2 amide bonds. The van der Waals surface area contributed by atoms with Gasteiger partial charge in [0.15, 0.2) is 11.5 Å². The van der Waals surface area contributed by atoms with Crippen molar-refractivity contribution in [3.05, 3.63) is 48.0 Å². The molecule has 2 aromatic rings. The highest BCUT2D eigenvalue weighted by Gasteiger charge is 2.19. The van der Waals surface area contributed by atoms with Gasteiger partial charge in [0, 0.05) is 19.2 Å². The number of anilines is 2. The van der Waals surface area contributed by atoms with Crippen LogP contribution in [0, 0.1) is 0 Å². The molecule has 2 N–H and O–H groups in total. The quantitative estimate of drug-likeness (QED) is 0.680. The second kappa shape index (κ2) is 9.69. The lowest BCUT2D eigenvalue weighted by Gasteiger charge is -2.30. The monoisotopic (exact) mass is 411 g/mol. The summed E-state index contributed by atoms with van der Waals surface area (Å²) in [5.74, 6) is 1.17. The summed E-state index contributed by atoms with van der Waals surface area (Å²) in [7, 11) is 4.61. The first kappa shape index (κ1) is 21.0. The SMILES string of the molecule is COc1cc(/C=C/C(=O)Nc2ccccc2N2CCNC(=O)C2)cc(OC)c1OC. The molecule has 8 nitrogen and oxygen atoms in total. The van der Waals surface area contributed by atoms with Crippen LogP contribution >= 0.6 is 0 Å². The third kappa shape index (κ3) is 4.83. The summed E-state index contributed by atoms with van der Waals surface area (Å²) in [5.41, 5.74) is 2.18. The van der Waals surface area contributed by atoms with E-state index in [1.54, 1.807) is 18.2 Å². The number of rotatable bonds is 7. The fraction of sp³-hybridized carbons (Fsp3) is 0.273. The number of amides is 2. The second-order valence-corrected chi connectivity index (χ2v) is 6.57. The summed E-state index contributed by atoms with van der Waals surface area (Å²) < 4.78 is 16.0. The van der Waals surface area contributed by atoms with Crippen LogP contribution in [-0.2, 0) is 9.59 Å². The molecule has 0 spiro atoms. The van der Waals surface area contributed by atoms with Gasteiger partial charge in [-0.15, -0.1) is 0 Å². The maximum atomic E-state index is 12.5. The molecule has 1 aliphatic rings. The van der Waals surface area contributed by atoms with Gasteiger partial charge in [0.05, 0.1) is 39.2 Å². The van der Waals surface area contributed by atoms with E-state index in [9.17, 15) is 9.59 Å². The number of carbonyl (C=O) groups excluding carboxylic acids is 2. The van der Waals surface area contributed by atoms with Crippen LogP contribution in [0.3, 0.4) is 0 Å². The predicted octanol–water partition coefficient (Wildman–Crippen LogP) is 2.30. The Morgan fingerprint density at radius 3 is 2.43 bits per heavy atom. The highest BCUT2D eigenvalue weighted by atomic mass is 16.5. The van der Waals surface area contributed by atoms with Crippen molar-refractivity contribution in [2.75, 3.05) is 51.2 Å². The van der Waals surface area contributed by atoms with Crippen LogP contribution in [0.25, 0.3) is 6.08 Å². The summed E-state index contributed by atoms with van der Waals surface area (Å²) in [4.78, 5) is 26.2. The molecule has 0 atom stereocenters. The minimum Gasteiger partial charge on any atom is -0.493 e. The van der Waals surface area contributed by atoms with Gasteiger partial charge >= 0.3 is 0 Å². The molecule has 0 aromatic heterocycles. The van der Waals surface area contributed by atoms with Gasteiger partial charge in [-0.3, -0.25) is 9.59 Å². The number of nitrogens with one attached hydrogen (secondary N) is 2. The third-order valence-electron chi connectivity index (χ3n) is 4.66. The van der Waals surface area contributed by atoms with Crippen molar-refractivity contribution in [3.8, 4) is 17.2 Å². The zero-order valence-corrected chi connectivity index (χ0v) is 17.2. The van der Waals surface area contributed by atoms with Crippen LogP contribution in [0.4, 0.5) is 11.4 Å². The first-order valence-electron chi connectivity index (χ1n) is 9.45. The van der Waals surface area contributed by atoms with Gasteiger partial charge in [0.25, 0.3) is 0 Å². The van der Waals surface area contributed by atoms with Crippen LogP contribution in [0.1, 0.15) is 5.56 Å². The van der Waals surface area contributed by atoms with Gasteiger partial charge < -0.3 is 29.7 Å². The number of methoxy groups -OCH3 is 3. The molecule has 8 heteroatoms. The molecule has 158 valence electrons. The normalized spacial score (nSPS) is 13.7. The van der Waals surface area contributed by atoms with Crippen LogP contribution in [0.2, 0.25) is 0 Å². The molecular weight excluding hydrogens is 386 g/mol. The number of carbonyl (C=O) groups is 2. The Hall–Kier alpha value is -3.68. The number of ether oxygens (including phenoxy) is 3. The Morgan fingerprint density at radius 2 is 1.80 bits per heavy atom. The third-order valence-corrected chi connectivity index (χ3v) is 4.66. The van der Waals surface area contributed by atoms with E-state index in [1.165, 1.54) is 27.4 Å². The van der Waals surface area contributed by atoms with Gasteiger partial charge in [-0.05, 0) is 35.9 Å². The van der Waals surface area contributed by atoms with Crippen LogP contribution in [-0.4, -0.2) is 52.8 Å². The average Bonchev–Trinajstić information content (AvgIpc) is 2.77. The molecule has 1 heterocycles. The molecule has 0 bridgehead atoms. The Balaban J connectivity index is 1.77. The molecular formula is C22H25N3O5. The topological polar surface area (TPSA) is 89.1 Å². The Bertz CT molecular complexity index is 933. The summed E-state index contributed by atoms with van der Waals surface area (Å²) in [5, 5.41) is 5.69. The van der Waals surface area contributed by atoms with Crippen LogP contribution in [0.5, 0.6) is 17.2 Å². The van der Waals surface area contributed by atoms with Crippen molar-refractivity contribution in [2.24, 2.45) is 0 Å². The Labute approximate surface area is 175 Å². The number of para-hydroxylation sites is 2. The van der Waals surface area contributed by atoms with Crippen molar-refractivity contribution < 1.29 is 23.8 Å². The van der Waals surface area contributed by atoms with Gasteiger partial charge in [0.1, 0.15) is 0 Å². The summed E-state index contributed by atoms with van der Waals surface area (Å²) in [6.45, 7) is 1.51.